The van der Waals surface area contributed by atoms with Crippen LogP contribution in [0.4, 0.5) is 5.13 Å². The van der Waals surface area contributed by atoms with Gasteiger partial charge in [0.1, 0.15) is 27.7 Å². The van der Waals surface area contributed by atoms with Crippen molar-refractivity contribution in [2.75, 3.05) is 23.8 Å². The Morgan fingerprint density at radius 1 is 1.30 bits per heavy atom. The number of esters is 1. The van der Waals surface area contributed by atoms with E-state index in [2.05, 4.69) is 40.5 Å². The summed E-state index contributed by atoms with van der Waals surface area (Å²) in [5, 5.41) is 31.5. The molecule has 3 aromatic rings. The van der Waals surface area contributed by atoms with Gasteiger partial charge >= 0.3 is 11.9 Å². The van der Waals surface area contributed by atoms with Gasteiger partial charge in [0.25, 0.3) is 11.8 Å². The number of carboxylic acids is 1. The van der Waals surface area contributed by atoms with E-state index in [4.69, 9.17) is 15.3 Å². The number of nitrogens with one attached hydrogen (secondary N) is 1. The van der Waals surface area contributed by atoms with Crippen LogP contribution in [0, 0.1) is 0 Å². The number of ether oxygens (including phenoxy) is 1. The third-order valence-electron chi connectivity index (χ3n) is 5.60. The number of carbonyl (C=O) groups is 4. The summed E-state index contributed by atoms with van der Waals surface area (Å²) >= 11 is 3.36. The molecule has 2 atom stereocenters. The van der Waals surface area contributed by atoms with Crippen molar-refractivity contribution < 1.29 is 33.9 Å². The largest absolute Gasteiger partial charge is 0.477 e. The number of nitrogen functional groups attached to an aromatic ring is 1. The van der Waals surface area contributed by atoms with E-state index in [-0.39, 0.29) is 28.2 Å². The lowest BCUT2D eigenvalue weighted by molar-refractivity contribution is -0.160. The van der Waals surface area contributed by atoms with Gasteiger partial charge in [-0.25, -0.2) is 9.59 Å². The average Bonchev–Trinajstić information content (AvgIpc) is 3.59. The Bertz CT molecular complexity index is 1670. The van der Waals surface area contributed by atoms with Crippen LogP contribution in [-0.4, -0.2) is 109 Å². The summed E-state index contributed by atoms with van der Waals surface area (Å²) in [7, 11) is 0. The van der Waals surface area contributed by atoms with Crippen molar-refractivity contribution in [1.82, 2.24) is 44.8 Å². The molecule has 21 heteroatoms. The third-order valence-corrected chi connectivity index (χ3v) is 8.49. The van der Waals surface area contributed by atoms with E-state index in [1.165, 1.54) is 28.2 Å². The first kappa shape index (κ1) is 30.1. The van der Waals surface area contributed by atoms with Crippen molar-refractivity contribution >= 4 is 75.3 Å². The molecule has 2 aliphatic rings. The Labute approximate surface area is 254 Å². The number of β-lactam (4-membered cyclic amide) rings is 1. The molecule has 1 fully saturated rings. The molecule has 4 N–H and O–H groups in total. The van der Waals surface area contributed by atoms with Gasteiger partial charge in [-0.2, -0.15) is 9.36 Å². The van der Waals surface area contributed by atoms with Gasteiger partial charge in [-0.1, -0.05) is 5.16 Å². The molecular formula is C22H23N11O7S3. The Kier molecular flexibility index (Phi) is 8.46. The molecule has 5 rings (SSSR count). The van der Waals surface area contributed by atoms with Crippen LogP contribution < -0.4 is 11.1 Å². The number of oxime groups is 1. The van der Waals surface area contributed by atoms with E-state index in [0.717, 1.165) is 16.4 Å². The van der Waals surface area contributed by atoms with Crippen LogP contribution in [0.15, 0.2) is 33.6 Å². The molecule has 0 bridgehead atoms. The number of nitrogens with zero attached hydrogens (tertiary/aromatic N) is 9. The van der Waals surface area contributed by atoms with Crippen LogP contribution in [0.25, 0.3) is 5.65 Å². The Hall–Kier alpha value is -4.37. The van der Waals surface area contributed by atoms with Gasteiger partial charge in [0, 0.05) is 23.0 Å². The van der Waals surface area contributed by atoms with Crippen molar-refractivity contribution in [3.05, 3.63) is 29.2 Å². The van der Waals surface area contributed by atoms with E-state index in [9.17, 15) is 24.3 Å². The average molecular weight is 650 g/mol. The highest BCUT2D eigenvalue weighted by Gasteiger charge is 2.54. The fourth-order valence-electron chi connectivity index (χ4n) is 3.91. The fraction of sp³-hybridized carbons (Fsp3) is 0.409. The molecule has 5 heterocycles. The normalized spacial score (nSPS) is 18.7. The minimum atomic E-state index is -1.28. The molecule has 0 aromatic carbocycles. The van der Waals surface area contributed by atoms with E-state index in [1.807, 2.05) is 0 Å². The zero-order chi connectivity index (χ0) is 30.9. The minimum Gasteiger partial charge on any atom is -0.477 e. The number of hydrogen-bond acceptors (Lipinski definition) is 17. The SMILES string of the molecule is CC(C)(C)OC(=O)CON=C(C(=O)NC1C(=O)N2C(C(=O)O)=C(CSc3ccc4nnnn4n3)CS[C@@H]12)c1nsc(N)n1. The first-order chi connectivity index (χ1) is 20.4. The van der Waals surface area contributed by atoms with Crippen LogP contribution in [0.1, 0.15) is 26.6 Å². The first-order valence-electron chi connectivity index (χ1n) is 12.3. The summed E-state index contributed by atoms with van der Waals surface area (Å²) in [6.07, 6.45) is 0. The van der Waals surface area contributed by atoms with Crippen molar-refractivity contribution in [1.29, 1.82) is 0 Å². The maximum absolute atomic E-state index is 13.2. The molecule has 2 amide bonds. The molecule has 3 aromatic heterocycles. The molecule has 0 spiro atoms. The van der Waals surface area contributed by atoms with Gasteiger partial charge in [0.2, 0.25) is 18.1 Å². The van der Waals surface area contributed by atoms with Gasteiger partial charge in [-0.05, 0) is 48.9 Å². The smallest absolute Gasteiger partial charge is 0.352 e. The minimum absolute atomic E-state index is 0.0473. The van der Waals surface area contributed by atoms with Gasteiger partial charge in [0.05, 0.1) is 0 Å². The van der Waals surface area contributed by atoms with E-state index < -0.39 is 53.1 Å². The monoisotopic (exact) mass is 649 g/mol. The molecule has 2 aliphatic heterocycles. The molecule has 1 unspecified atom stereocenters. The number of rotatable bonds is 10. The summed E-state index contributed by atoms with van der Waals surface area (Å²) in [6.45, 7) is 4.44. The van der Waals surface area contributed by atoms with E-state index >= 15 is 0 Å². The van der Waals surface area contributed by atoms with Gasteiger partial charge in [0.15, 0.2) is 10.8 Å². The molecular weight excluding hydrogens is 627 g/mol. The number of fused-ring (bicyclic) bond motifs is 2. The number of aromatic nitrogens is 7. The quantitative estimate of drug-likeness (QED) is 0.0827. The second-order valence-electron chi connectivity index (χ2n) is 9.86. The second kappa shape index (κ2) is 12.1. The van der Waals surface area contributed by atoms with Crippen LogP contribution >= 0.6 is 35.1 Å². The molecule has 18 nitrogen and oxygen atoms in total. The first-order valence-corrected chi connectivity index (χ1v) is 15.1. The zero-order valence-corrected chi connectivity index (χ0v) is 25.1. The molecule has 0 saturated carbocycles. The maximum atomic E-state index is 13.2. The summed E-state index contributed by atoms with van der Waals surface area (Å²) < 4.78 is 10.4. The number of carboxylic acid groups (broad SMARTS) is 1. The number of aliphatic carboxylic acids is 1. The van der Waals surface area contributed by atoms with Crippen molar-refractivity contribution in [3.8, 4) is 0 Å². The maximum Gasteiger partial charge on any atom is 0.352 e. The van der Waals surface area contributed by atoms with Crippen molar-refractivity contribution in [2.45, 2.75) is 42.8 Å². The second-order valence-corrected chi connectivity index (χ2v) is 12.7. The third kappa shape index (κ3) is 6.67. The van der Waals surface area contributed by atoms with E-state index in [0.29, 0.717) is 16.2 Å². The van der Waals surface area contributed by atoms with Crippen LogP contribution in [0.2, 0.25) is 0 Å². The van der Waals surface area contributed by atoms with Gasteiger partial charge in [-0.15, -0.1) is 38.4 Å². The number of thioether (sulfide) groups is 2. The Morgan fingerprint density at radius 3 is 2.79 bits per heavy atom. The zero-order valence-electron chi connectivity index (χ0n) is 22.7. The number of tetrazole rings is 1. The van der Waals surface area contributed by atoms with Crippen LogP contribution in [0.3, 0.4) is 0 Å². The highest BCUT2D eigenvalue weighted by molar-refractivity contribution is 8.01. The lowest BCUT2D eigenvalue weighted by Crippen LogP contribution is -2.71. The topological polar surface area (TPSA) is 242 Å². The molecule has 0 aliphatic carbocycles. The lowest BCUT2D eigenvalue weighted by atomic mass is 10.0. The molecule has 0 radical (unpaired) electrons. The van der Waals surface area contributed by atoms with Crippen LogP contribution in [-0.2, 0) is 28.8 Å². The number of anilines is 1. The Morgan fingerprint density at radius 2 is 2.09 bits per heavy atom. The fourth-order valence-corrected chi connectivity index (χ4v) is 6.68. The standard InChI is InChI=1S/C22H23N11O7S3/c1-22(2,3)40-12(34)6-39-28-13(16-25-21(23)43-29-16)17(35)24-14-18(36)32-15(20(37)38)9(8-42-19(14)32)7-41-11-5-4-10-26-30-31-33(10)27-11/h4-5,14,19H,6-8H2,1-3H3,(H,24,35)(H,37,38)(H2,23,25,29)/t14?,19-/m0/s1. The van der Waals surface area contributed by atoms with Crippen molar-refractivity contribution in [3.63, 3.8) is 0 Å². The Balaban J connectivity index is 1.27. The summed E-state index contributed by atoms with van der Waals surface area (Å²) in [5.74, 6) is -3.16. The predicted molar refractivity (Wildman–Crippen MR) is 152 cm³/mol. The summed E-state index contributed by atoms with van der Waals surface area (Å²) in [5.41, 5.74) is 5.28. The number of amides is 2. The van der Waals surface area contributed by atoms with E-state index in [1.54, 1.807) is 32.9 Å². The van der Waals surface area contributed by atoms with Crippen molar-refractivity contribution in [2.24, 2.45) is 5.16 Å². The molecule has 43 heavy (non-hydrogen) atoms. The number of hydrogen-bond donors (Lipinski definition) is 3. The molecule has 1 saturated heterocycles. The summed E-state index contributed by atoms with van der Waals surface area (Å²) in [6, 6.07) is 2.31. The number of nitrogens with two attached hydrogens (primary N) is 1. The number of carbonyl (C=O) groups excluding carboxylic acids is 3. The molecule has 226 valence electrons. The van der Waals surface area contributed by atoms with Crippen LogP contribution in [0.5, 0.6) is 0 Å². The predicted octanol–water partition coefficient (Wildman–Crippen LogP) is -0.454. The van der Waals surface area contributed by atoms with Gasteiger partial charge < -0.3 is 25.7 Å². The highest BCUT2D eigenvalue weighted by Crippen LogP contribution is 2.41. The highest BCUT2D eigenvalue weighted by atomic mass is 32.2. The summed E-state index contributed by atoms with van der Waals surface area (Å²) in [4.78, 5) is 60.7. The lowest BCUT2D eigenvalue weighted by Gasteiger charge is -2.49. The van der Waals surface area contributed by atoms with Gasteiger partial charge in [-0.3, -0.25) is 14.5 Å².